The summed E-state index contributed by atoms with van der Waals surface area (Å²) in [4.78, 5) is 2.41. The van der Waals surface area contributed by atoms with Crippen LogP contribution in [0.15, 0.2) is 197 Å². The van der Waals surface area contributed by atoms with Gasteiger partial charge in [0.2, 0.25) is 0 Å². The molecule has 0 aliphatic heterocycles. The number of para-hydroxylation sites is 2. The SMILES string of the molecule is CC1(C)c2ccccc2-c2ccc(N(c3ccc(-c4cc5oc6ccc7ccccc7c6c5c5c4oc4ccccc45)cc3)c3ccccc3-c3ccccc3)cc21. The zero-order valence-electron chi connectivity index (χ0n) is 32.2. The summed E-state index contributed by atoms with van der Waals surface area (Å²) in [6.45, 7) is 4.69. The predicted molar refractivity (Wildman–Crippen MR) is 242 cm³/mol. The molecule has 2 aromatic heterocycles. The van der Waals surface area contributed by atoms with Gasteiger partial charge < -0.3 is 13.7 Å². The summed E-state index contributed by atoms with van der Waals surface area (Å²) in [6.07, 6.45) is 0. The molecule has 3 nitrogen and oxygen atoms in total. The van der Waals surface area contributed by atoms with Gasteiger partial charge in [-0.15, -0.1) is 0 Å². The van der Waals surface area contributed by atoms with E-state index in [9.17, 15) is 0 Å². The average molecular weight is 744 g/mol. The maximum atomic E-state index is 6.79. The van der Waals surface area contributed by atoms with Gasteiger partial charge in [0, 0.05) is 49.5 Å². The quantitative estimate of drug-likeness (QED) is 0.176. The van der Waals surface area contributed by atoms with Crippen molar-refractivity contribution in [3.05, 3.63) is 199 Å². The third-order valence-corrected chi connectivity index (χ3v) is 12.5. The molecular weight excluding hydrogens is 707 g/mol. The second-order valence-electron chi connectivity index (χ2n) is 16.0. The summed E-state index contributed by atoms with van der Waals surface area (Å²) < 4.78 is 13.5. The molecule has 0 fully saturated rings. The van der Waals surface area contributed by atoms with E-state index in [1.807, 2.05) is 6.07 Å². The van der Waals surface area contributed by atoms with Crippen molar-refractivity contribution in [3.63, 3.8) is 0 Å². The molecule has 274 valence electrons. The highest BCUT2D eigenvalue weighted by molar-refractivity contribution is 6.32. The maximum absolute atomic E-state index is 6.79. The van der Waals surface area contributed by atoms with Crippen LogP contribution in [0.5, 0.6) is 0 Å². The molecule has 3 heteroatoms. The molecule has 58 heavy (non-hydrogen) atoms. The number of nitrogens with zero attached hydrogens (tertiary/aromatic N) is 1. The van der Waals surface area contributed by atoms with Gasteiger partial charge in [-0.25, -0.2) is 0 Å². The number of hydrogen-bond acceptors (Lipinski definition) is 3. The van der Waals surface area contributed by atoms with Crippen molar-refractivity contribution in [3.8, 4) is 33.4 Å². The van der Waals surface area contributed by atoms with Crippen LogP contribution in [0.2, 0.25) is 0 Å². The average Bonchev–Trinajstić information content (AvgIpc) is 3.92. The van der Waals surface area contributed by atoms with E-state index in [1.54, 1.807) is 0 Å². The Bertz CT molecular complexity index is 3420. The van der Waals surface area contributed by atoms with Gasteiger partial charge in [0.1, 0.15) is 22.3 Å². The molecule has 1 aliphatic carbocycles. The van der Waals surface area contributed by atoms with E-state index in [1.165, 1.54) is 44.2 Å². The molecule has 0 unspecified atom stereocenters. The van der Waals surface area contributed by atoms with Gasteiger partial charge in [0.25, 0.3) is 0 Å². The number of rotatable bonds is 5. The summed E-state index contributed by atoms with van der Waals surface area (Å²) in [7, 11) is 0. The Labute approximate surface area is 336 Å². The van der Waals surface area contributed by atoms with Crippen molar-refractivity contribution in [2.24, 2.45) is 0 Å². The Hall–Kier alpha value is -7.36. The summed E-state index contributed by atoms with van der Waals surface area (Å²) >= 11 is 0. The van der Waals surface area contributed by atoms with Crippen molar-refractivity contribution in [2.45, 2.75) is 19.3 Å². The van der Waals surface area contributed by atoms with E-state index < -0.39 is 0 Å². The molecular formula is C55H37NO2. The van der Waals surface area contributed by atoms with Crippen molar-refractivity contribution in [2.75, 3.05) is 4.90 Å². The summed E-state index contributed by atoms with van der Waals surface area (Å²) in [5.41, 5.74) is 16.4. The molecule has 9 aromatic carbocycles. The largest absolute Gasteiger partial charge is 0.456 e. The zero-order chi connectivity index (χ0) is 38.5. The lowest BCUT2D eigenvalue weighted by atomic mass is 9.82. The minimum Gasteiger partial charge on any atom is -0.456 e. The first kappa shape index (κ1) is 32.8. The maximum Gasteiger partial charge on any atom is 0.144 e. The van der Waals surface area contributed by atoms with Crippen LogP contribution in [0, 0.1) is 0 Å². The monoisotopic (exact) mass is 743 g/mol. The lowest BCUT2D eigenvalue weighted by Gasteiger charge is -2.30. The van der Waals surface area contributed by atoms with Crippen LogP contribution >= 0.6 is 0 Å². The number of benzene rings is 9. The molecule has 11 aromatic rings. The van der Waals surface area contributed by atoms with Gasteiger partial charge in [-0.3, -0.25) is 0 Å². The number of fused-ring (bicyclic) bond motifs is 12. The molecule has 1 aliphatic rings. The van der Waals surface area contributed by atoms with Gasteiger partial charge in [-0.1, -0.05) is 153 Å². The summed E-state index contributed by atoms with van der Waals surface area (Å²) in [6, 6.07) is 67.5. The van der Waals surface area contributed by atoms with Crippen LogP contribution in [0.1, 0.15) is 25.0 Å². The van der Waals surface area contributed by atoms with Gasteiger partial charge in [0.05, 0.1) is 5.69 Å². The van der Waals surface area contributed by atoms with E-state index in [2.05, 4.69) is 201 Å². The summed E-state index contributed by atoms with van der Waals surface area (Å²) in [5, 5.41) is 6.76. The van der Waals surface area contributed by atoms with E-state index in [0.717, 1.165) is 72.1 Å². The van der Waals surface area contributed by atoms with Crippen LogP contribution < -0.4 is 4.90 Å². The van der Waals surface area contributed by atoms with Gasteiger partial charge in [-0.05, 0) is 92.7 Å². The third-order valence-electron chi connectivity index (χ3n) is 12.5. The Morgan fingerprint density at radius 2 is 1.07 bits per heavy atom. The smallest absolute Gasteiger partial charge is 0.144 e. The molecule has 0 atom stereocenters. The highest BCUT2D eigenvalue weighted by Gasteiger charge is 2.36. The fraction of sp³-hybridized carbons (Fsp3) is 0.0545. The van der Waals surface area contributed by atoms with E-state index in [4.69, 9.17) is 8.83 Å². The molecule has 0 radical (unpaired) electrons. The van der Waals surface area contributed by atoms with Crippen molar-refractivity contribution < 1.29 is 8.83 Å². The van der Waals surface area contributed by atoms with Crippen molar-refractivity contribution in [1.82, 2.24) is 0 Å². The number of furan rings is 2. The lowest BCUT2D eigenvalue weighted by molar-refractivity contribution is 0.660. The normalized spacial score (nSPS) is 13.1. The first-order valence-electron chi connectivity index (χ1n) is 20.0. The Morgan fingerprint density at radius 1 is 0.397 bits per heavy atom. The number of anilines is 3. The van der Waals surface area contributed by atoms with Crippen LogP contribution in [0.4, 0.5) is 17.1 Å². The molecule has 0 spiro atoms. The molecule has 0 saturated carbocycles. The fourth-order valence-electron chi connectivity index (χ4n) is 9.71. The minimum absolute atomic E-state index is 0.129. The Morgan fingerprint density at radius 3 is 1.93 bits per heavy atom. The standard InChI is InChI=1S/C55H37NO2/c1-55(2)45-21-11-8-19-41(45)42-30-29-38(32-46(42)55)56(47-22-12-9-17-39(47)34-14-4-3-5-15-34)37-27-24-36(25-28-37)44-33-50-53(52-43-20-10-13-23-48(43)58-54(44)52)51-40-18-7-6-16-35(40)26-31-49(51)57-50/h3-33H,1-2H3. The molecule has 0 N–H and O–H groups in total. The second-order valence-corrected chi connectivity index (χ2v) is 16.0. The highest BCUT2D eigenvalue weighted by atomic mass is 16.3. The van der Waals surface area contributed by atoms with Gasteiger partial charge in [-0.2, -0.15) is 0 Å². The third kappa shape index (κ3) is 4.74. The van der Waals surface area contributed by atoms with Crippen LogP contribution in [-0.2, 0) is 5.41 Å². The lowest BCUT2D eigenvalue weighted by Crippen LogP contribution is -2.16. The minimum atomic E-state index is -0.129. The van der Waals surface area contributed by atoms with E-state index >= 15 is 0 Å². The first-order valence-corrected chi connectivity index (χ1v) is 20.0. The van der Waals surface area contributed by atoms with Crippen LogP contribution in [0.3, 0.4) is 0 Å². The molecule has 0 bridgehead atoms. The van der Waals surface area contributed by atoms with E-state index in [-0.39, 0.29) is 5.41 Å². The van der Waals surface area contributed by atoms with Crippen LogP contribution in [0.25, 0.3) is 88.0 Å². The zero-order valence-corrected chi connectivity index (χ0v) is 32.2. The second kappa shape index (κ2) is 12.3. The molecule has 0 saturated heterocycles. The molecule has 12 rings (SSSR count). The number of hydrogen-bond donors (Lipinski definition) is 0. The van der Waals surface area contributed by atoms with E-state index in [0.29, 0.717) is 0 Å². The van der Waals surface area contributed by atoms with Gasteiger partial charge >= 0.3 is 0 Å². The Kier molecular flexibility index (Phi) is 6.98. The topological polar surface area (TPSA) is 29.5 Å². The summed E-state index contributed by atoms with van der Waals surface area (Å²) in [5.74, 6) is 0. The van der Waals surface area contributed by atoms with Crippen molar-refractivity contribution in [1.29, 1.82) is 0 Å². The first-order chi connectivity index (χ1) is 28.5. The molecule has 0 amide bonds. The molecule has 2 heterocycles. The van der Waals surface area contributed by atoms with Crippen LogP contribution in [-0.4, -0.2) is 0 Å². The van der Waals surface area contributed by atoms with Gasteiger partial charge in [0.15, 0.2) is 0 Å². The predicted octanol–water partition coefficient (Wildman–Crippen LogP) is 15.7. The highest BCUT2D eigenvalue weighted by Crippen LogP contribution is 2.52. The fourth-order valence-corrected chi connectivity index (χ4v) is 9.71. The Balaban J connectivity index is 1.06. The van der Waals surface area contributed by atoms with Crippen molar-refractivity contribution >= 4 is 71.7 Å².